The summed E-state index contributed by atoms with van der Waals surface area (Å²) < 4.78 is 10.8. The van der Waals surface area contributed by atoms with Gasteiger partial charge in [0.05, 0.1) is 19.8 Å². The predicted molar refractivity (Wildman–Crippen MR) is 122 cm³/mol. The lowest BCUT2D eigenvalue weighted by atomic mass is 9.69. The average Bonchev–Trinajstić information content (AvgIpc) is 3.39. The first-order valence-electron chi connectivity index (χ1n) is 11.3. The van der Waals surface area contributed by atoms with Crippen LogP contribution in [0.25, 0.3) is 11.1 Å². The van der Waals surface area contributed by atoms with Crippen LogP contribution in [0.1, 0.15) is 37.7 Å². The molecule has 1 saturated heterocycles. The Hall–Kier alpha value is -2.43. The van der Waals surface area contributed by atoms with Gasteiger partial charge in [0.25, 0.3) is 0 Å². The van der Waals surface area contributed by atoms with Gasteiger partial charge in [-0.25, -0.2) is 0 Å². The van der Waals surface area contributed by atoms with Gasteiger partial charge < -0.3 is 14.6 Å². The highest BCUT2D eigenvalue weighted by atomic mass is 16.5. The number of methoxy groups -OCH3 is 1. The third kappa shape index (κ3) is 4.46. The molecule has 2 aliphatic rings. The molecule has 4 atom stereocenters. The largest absolute Gasteiger partial charge is 0.469 e. The van der Waals surface area contributed by atoms with E-state index in [9.17, 15) is 9.90 Å². The lowest BCUT2D eigenvalue weighted by Crippen LogP contribution is -2.40. The monoisotopic (exact) mass is 420 g/mol. The summed E-state index contributed by atoms with van der Waals surface area (Å²) in [6.07, 6.45) is 8.54. The van der Waals surface area contributed by atoms with Crippen molar-refractivity contribution >= 4 is 5.97 Å². The number of unbranched alkanes of at least 4 members (excludes halogenated alkanes) is 1. The molecule has 4 heteroatoms. The van der Waals surface area contributed by atoms with Crippen LogP contribution >= 0.6 is 0 Å². The van der Waals surface area contributed by atoms with Crippen LogP contribution in [0.4, 0.5) is 0 Å². The molecule has 31 heavy (non-hydrogen) atoms. The number of hydrogen-bond donors (Lipinski definition) is 1. The molecular weight excluding hydrogens is 388 g/mol. The van der Waals surface area contributed by atoms with Crippen molar-refractivity contribution in [3.8, 4) is 11.1 Å². The number of ether oxygens (including phenoxy) is 2. The van der Waals surface area contributed by atoms with E-state index in [2.05, 4.69) is 60.7 Å². The van der Waals surface area contributed by atoms with Gasteiger partial charge in [0.1, 0.15) is 0 Å². The highest BCUT2D eigenvalue weighted by molar-refractivity contribution is 5.69. The van der Waals surface area contributed by atoms with Crippen LogP contribution in [-0.4, -0.2) is 37.5 Å². The van der Waals surface area contributed by atoms with Gasteiger partial charge in [-0.2, -0.15) is 0 Å². The smallest absolute Gasteiger partial charge is 0.305 e. The number of aliphatic hydroxyl groups excluding tert-OH is 1. The van der Waals surface area contributed by atoms with E-state index in [4.69, 9.17) is 9.47 Å². The van der Waals surface area contributed by atoms with Crippen LogP contribution in [0.5, 0.6) is 0 Å². The van der Waals surface area contributed by atoms with Crippen molar-refractivity contribution in [2.75, 3.05) is 20.3 Å². The summed E-state index contributed by atoms with van der Waals surface area (Å²) in [4.78, 5) is 11.2. The molecule has 0 spiro atoms. The maximum absolute atomic E-state index is 11.2. The molecule has 1 aliphatic heterocycles. The molecule has 1 aliphatic carbocycles. The molecule has 2 aromatic carbocycles. The van der Waals surface area contributed by atoms with E-state index < -0.39 is 0 Å². The second kappa shape index (κ2) is 9.80. The van der Waals surface area contributed by atoms with E-state index in [0.717, 1.165) is 32.3 Å². The van der Waals surface area contributed by atoms with Crippen molar-refractivity contribution < 1.29 is 19.4 Å². The molecule has 0 aromatic heterocycles. The maximum Gasteiger partial charge on any atom is 0.305 e. The van der Waals surface area contributed by atoms with Crippen LogP contribution in [-0.2, 0) is 19.7 Å². The molecule has 164 valence electrons. The minimum absolute atomic E-state index is 0.0381. The zero-order valence-electron chi connectivity index (χ0n) is 18.2. The quantitative estimate of drug-likeness (QED) is 0.356. The molecule has 4 rings (SSSR count). The van der Waals surface area contributed by atoms with Crippen molar-refractivity contribution in [1.82, 2.24) is 0 Å². The highest BCUT2D eigenvalue weighted by Gasteiger charge is 2.58. The third-order valence-corrected chi connectivity index (χ3v) is 7.14. The standard InChI is InChI=1S/C27H32O4/c1-30-26(29)12-8-3-2-7-11-24-23(18-28)25-17-27(24,19-31-25)22-15-13-21(14-16-22)20-9-5-4-6-10-20/h2,4-7,9-10,13-16,23-25,28H,3,8,11-12,17-19H2,1H3/b7-2-/t23-,24-,25-,27-/m0/s1. The van der Waals surface area contributed by atoms with Gasteiger partial charge in [-0.3, -0.25) is 4.79 Å². The number of benzene rings is 2. The van der Waals surface area contributed by atoms with E-state index >= 15 is 0 Å². The van der Waals surface area contributed by atoms with E-state index in [1.54, 1.807) is 0 Å². The van der Waals surface area contributed by atoms with Crippen LogP contribution in [0, 0.1) is 11.8 Å². The summed E-state index contributed by atoms with van der Waals surface area (Å²) in [7, 11) is 1.43. The number of esters is 1. The molecule has 1 N–H and O–H groups in total. The SMILES string of the molecule is COC(=O)CCC/C=C\C[C@H]1[C@H](CO)[C@@H]2C[C@@]1(c1ccc(-c3ccccc3)cc1)CO2. The van der Waals surface area contributed by atoms with Crippen molar-refractivity contribution in [3.05, 3.63) is 72.3 Å². The minimum Gasteiger partial charge on any atom is -0.469 e. The number of hydrogen-bond acceptors (Lipinski definition) is 4. The molecule has 4 nitrogen and oxygen atoms in total. The zero-order chi connectivity index (χ0) is 21.7. The number of fused-ring (bicyclic) bond motifs is 2. The van der Waals surface area contributed by atoms with Gasteiger partial charge in [0.2, 0.25) is 0 Å². The zero-order valence-corrected chi connectivity index (χ0v) is 18.2. The van der Waals surface area contributed by atoms with Gasteiger partial charge in [0.15, 0.2) is 0 Å². The highest BCUT2D eigenvalue weighted by Crippen LogP contribution is 2.56. The fraction of sp³-hybridized carbons (Fsp3) is 0.444. The Labute approximate surface area is 184 Å². The summed E-state index contributed by atoms with van der Waals surface area (Å²) in [5.74, 6) is 0.370. The molecule has 1 saturated carbocycles. The number of aliphatic hydroxyl groups is 1. The van der Waals surface area contributed by atoms with E-state index in [-0.39, 0.29) is 30.0 Å². The van der Waals surface area contributed by atoms with Crippen molar-refractivity contribution in [1.29, 1.82) is 0 Å². The Bertz CT molecular complexity index is 889. The Morgan fingerprint density at radius 1 is 1.13 bits per heavy atom. The summed E-state index contributed by atoms with van der Waals surface area (Å²) in [5, 5.41) is 10.1. The van der Waals surface area contributed by atoms with E-state index in [1.165, 1.54) is 23.8 Å². The fourth-order valence-corrected chi connectivity index (χ4v) is 5.45. The molecule has 0 unspecified atom stereocenters. The first kappa shape index (κ1) is 21.8. The average molecular weight is 421 g/mol. The topological polar surface area (TPSA) is 55.8 Å². The second-order valence-corrected chi connectivity index (χ2v) is 8.78. The second-order valence-electron chi connectivity index (χ2n) is 8.78. The molecule has 0 amide bonds. The molecule has 2 fully saturated rings. The third-order valence-electron chi connectivity index (χ3n) is 7.14. The van der Waals surface area contributed by atoms with E-state index in [1.807, 2.05) is 6.07 Å². The van der Waals surface area contributed by atoms with Gasteiger partial charge in [-0.1, -0.05) is 66.7 Å². The molecular formula is C27H32O4. The lowest BCUT2D eigenvalue weighted by molar-refractivity contribution is -0.140. The van der Waals surface area contributed by atoms with Gasteiger partial charge >= 0.3 is 5.97 Å². The molecule has 2 aromatic rings. The van der Waals surface area contributed by atoms with Gasteiger partial charge in [-0.05, 0) is 48.3 Å². The Morgan fingerprint density at radius 3 is 2.58 bits per heavy atom. The van der Waals surface area contributed by atoms with Crippen molar-refractivity contribution in [3.63, 3.8) is 0 Å². The lowest BCUT2D eigenvalue weighted by Gasteiger charge is -2.38. The first-order chi connectivity index (χ1) is 15.2. The predicted octanol–water partition coefficient (Wildman–Crippen LogP) is 4.91. The number of allylic oxidation sites excluding steroid dienone is 2. The summed E-state index contributed by atoms with van der Waals surface area (Å²) in [6, 6.07) is 19.3. The Morgan fingerprint density at radius 2 is 1.87 bits per heavy atom. The maximum atomic E-state index is 11.2. The fourth-order valence-electron chi connectivity index (χ4n) is 5.45. The Balaban J connectivity index is 1.48. The van der Waals surface area contributed by atoms with Gasteiger partial charge in [0, 0.05) is 24.4 Å². The van der Waals surface area contributed by atoms with Gasteiger partial charge in [-0.15, -0.1) is 0 Å². The minimum atomic E-state index is -0.156. The summed E-state index contributed by atoms with van der Waals surface area (Å²) in [5.41, 5.74) is 3.71. The molecule has 1 heterocycles. The van der Waals surface area contributed by atoms with Crippen LogP contribution < -0.4 is 0 Å². The number of carbonyl (C=O) groups excluding carboxylic acids is 1. The molecule has 2 bridgehead atoms. The van der Waals surface area contributed by atoms with Crippen molar-refractivity contribution in [2.24, 2.45) is 11.8 Å². The van der Waals surface area contributed by atoms with Crippen LogP contribution in [0.15, 0.2) is 66.7 Å². The summed E-state index contributed by atoms with van der Waals surface area (Å²) >= 11 is 0. The van der Waals surface area contributed by atoms with E-state index in [0.29, 0.717) is 12.3 Å². The number of carbonyl (C=O) groups is 1. The normalized spacial score (nSPS) is 27.1. The van der Waals surface area contributed by atoms with Crippen LogP contribution in [0.3, 0.4) is 0 Å². The van der Waals surface area contributed by atoms with Crippen molar-refractivity contribution in [2.45, 2.75) is 43.6 Å². The first-order valence-corrected chi connectivity index (χ1v) is 11.3. The van der Waals surface area contributed by atoms with Crippen LogP contribution in [0.2, 0.25) is 0 Å². The Kier molecular flexibility index (Phi) is 6.89. The molecule has 0 radical (unpaired) electrons. The number of rotatable bonds is 9. The summed E-state index contributed by atoms with van der Waals surface area (Å²) in [6.45, 7) is 0.884.